The Balaban J connectivity index is 1.56. The Labute approximate surface area is 188 Å². The van der Waals surface area contributed by atoms with Crippen LogP contribution in [0.25, 0.3) is 33.0 Å². The van der Waals surface area contributed by atoms with Crippen molar-refractivity contribution in [3.05, 3.63) is 102 Å². The van der Waals surface area contributed by atoms with Gasteiger partial charge in [0.05, 0.1) is 23.1 Å². The Hall–Kier alpha value is -4.78. The molecule has 0 unspecified atom stereocenters. The molecule has 6 rings (SSSR count). The Morgan fingerprint density at radius 2 is 1.27 bits per heavy atom. The number of H-pyrrole nitrogens is 2. The lowest BCUT2D eigenvalue weighted by Gasteiger charge is -2.07. The third kappa shape index (κ3) is 2.98. The average Bonchev–Trinajstić information content (AvgIpc) is 3.53. The fourth-order valence-corrected chi connectivity index (χ4v) is 4.25. The van der Waals surface area contributed by atoms with Crippen LogP contribution in [0.5, 0.6) is 0 Å². The highest BCUT2D eigenvalue weighted by atomic mass is 16.2. The molecule has 0 radical (unpaired) electrons. The van der Waals surface area contributed by atoms with E-state index in [9.17, 15) is 9.59 Å². The van der Waals surface area contributed by atoms with E-state index in [4.69, 9.17) is 0 Å². The van der Waals surface area contributed by atoms with Crippen molar-refractivity contribution in [2.24, 2.45) is 5.10 Å². The minimum Gasteiger partial charge on any atom is -0.361 e. The zero-order valence-corrected chi connectivity index (χ0v) is 17.3. The highest BCUT2D eigenvalue weighted by Crippen LogP contribution is 2.40. The third-order valence-electron chi connectivity index (χ3n) is 5.77. The molecule has 7 heteroatoms. The van der Waals surface area contributed by atoms with Crippen LogP contribution in [0.2, 0.25) is 0 Å². The topological polar surface area (TPSA) is 94.2 Å². The summed E-state index contributed by atoms with van der Waals surface area (Å²) in [5, 5.41) is 6.87. The molecule has 33 heavy (non-hydrogen) atoms. The number of hydrogen-bond donors (Lipinski definition) is 2. The van der Waals surface area contributed by atoms with Crippen LogP contribution in [-0.4, -0.2) is 38.0 Å². The highest BCUT2D eigenvalue weighted by Gasteiger charge is 2.41. The SMILES string of the molecule is O=C1C(c2c[nH]c3ccccc23)=C(c2c[nH]c3ccccc23)C(=O)N1/N=C/c1ccccn1. The van der Waals surface area contributed by atoms with E-state index < -0.39 is 11.8 Å². The second-order valence-corrected chi connectivity index (χ2v) is 7.67. The summed E-state index contributed by atoms with van der Waals surface area (Å²) >= 11 is 0. The number of nitrogens with zero attached hydrogens (tertiary/aromatic N) is 3. The Kier molecular flexibility index (Phi) is 4.26. The summed E-state index contributed by atoms with van der Waals surface area (Å²) in [6, 6.07) is 20.7. The number of nitrogens with one attached hydrogen (secondary N) is 2. The maximum Gasteiger partial charge on any atom is 0.283 e. The average molecular weight is 431 g/mol. The number of fused-ring (bicyclic) bond motifs is 2. The van der Waals surface area contributed by atoms with E-state index >= 15 is 0 Å². The van der Waals surface area contributed by atoms with Crippen LogP contribution in [0.3, 0.4) is 0 Å². The van der Waals surface area contributed by atoms with Crippen molar-refractivity contribution in [2.45, 2.75) is 0 Å². The van der Waals surface area contributed by atoms with Crippen molar-refractivity contribution in [1.82, 2.24) is 20.0 Å². The number of carbonyl (C=O) groups is 2. The van der Waals surface area contributed by atoms with Gasteiger partial charge in [0.15, 0.2) is 0 Å². The van der Waals surface area contributed by atoms with Crippen LogP contribution in [0.1, 0.15) is 16.8 Å². The molecule has 1 aliphatic heterocycles. The molecule has 0 bridgehead atoms. The third-order valence-corrected chi connectivity index (χ3v) is 5.77. The van der Waals surface area contributed by atoms with E-state index in [-0.39, 0.29) is 0 Å². The number of para-hydroxylation sites is 2. The fourth-order valence-electron chi connectivity index (χ4n) is 4.25. The number of hydrazone groups is 1. The van der Waals surface area contributed by atoms with Crippen molar-refractivity contribution < 1.29 is 9.59 Å². The smallest absolute Gasteiger partial charge is 0.283 e. The Morgan fingerprint density at radius 1 is 0.727 bits per heavy atom. The number of hydrogen-bond acceptors (Lipinski definition) is 4. The number of rotatable bonds is 4. The summed E-state index contributed by atoms with van der Waals surface area (Å²) in [6.45, 7) is 0. The Morgan fingerprint density at radius 3 is 1.82 bits per heavy atom. The maximum absolute atomic E-state index is 13.6. The normalized spacial score (nSPS) is 14.5. The van der Waals surface area contributed by atoms with E-state index in [0.717, 1.165) is 26.8 Å². The van der Waals surface area contributed by atoms with Crippen molar-refractivity contribution in [2.75, 3.05) is 0 Å². The predicted octanol–water partition coefficient (Wildman–Crippen LogP) is 4.36. The largest absolute Gasteiger partial charge is 0.361 e. The lowest BCUT2D eigenvalue weighted by Crippen LogP contribution is -2.26. The van der Waals surface area contributed by atoms with E-state index in [1.165, 1.54) is 6.21 Å². The second kappa shape index (κ2) is 7.42. The number of amides is 2. The van der Waals surface area contributed by atoms with Crippen LogP contribution in [0.15, 0.2) is 90.4 Å². The van der Waals surface area contributed by atoms with Gasteiger partial charge in [-0.15, -0.1) is 0 Å². The molecule has 4 heterocycles. The predicted molar refractivity (Wildman–Crippen MR) is 127 cm³/mol. The zero-order chi connectivity index (χ0) is 22.4. The molecule has 2 N–H and O–H groups in total. The van der Waals surface area contributed by atoms with Crippen LogP contribution in [-0.2, 0) is 9.59 Å². The van der Waals surface area contributed by atoms with Crippen LogP contribution < -0.4 is 0 Å². The van der Waals surface area contributed by atoms with Gasteiger partial charge in [-0.2, -0.15) is 10.1 Å². The summed E-state index contributed by atoms with van der Waals surface area (Å²) in [7, 11) is 0. The molecule has 1 aliphatic rings. The molecule has 158 valence electrons. The van der Waals surface area contributed by atoms with Gasteiger partial charge >= 0.3 is 0 Å². The number of imide groups is 1. The van der Waals surface area contributed by atoms with Gasteiger partial charge in [-0.25, -0.2) is 0 Å². The van der Waals surface area contributed by atoms with Gasteiger partial charge in [0.25, 0.3) is 11.8 Å². The zero-order valence-electron chi connectivity index (χ0n) is 17.3. The van der Waals surface area contributed by atoms with E-state index in [1.54, 1.807) is 30.7 Å². The van der Waals surface area contributed by atoms with Gasteiger partial charge in [0.2, 0.25) is 0 Å². The number of aromatic nitrogens is 3. The molecule has 5 aromatic rings. The minimum absolute atomic E-state index is 0.320. The fraction of sp³-hybridized carbons (Fsp3) is 0. The molecule has 0 saturated carbocycles. The van der Waals surface area contributed by atoms with Crippen LogP contribution in [0, 0.1) is 0 Å². The Bertz CT molecular complexity index is 1510. The quantitative estimate of drug-likeness (QED) is 0.327. The first-order valence-corrected chi connectivity index (χ1v) is 10.4. The molecule has 7 nitrogen and oxygen atoms in total. The molecule has 3 aromatic heterocycles. The van der Waals surface area contributed by atoms with Gasteiger partial charge in [0, 0.05) is 51.5 Å². The number of carbonyl (C=O) groups excluding carboxylic acids is 2. The number of pyridine rings is 1. The van der Waals surface area contributed by atoms with E-state index in [1.807, 2.05) is 54.6 Å². The first kappa shape index (κ1) is 18.9. The summed E-state index contributed by atoms with van der Waals surface area (Å²) in [4.78, 5) is 37.8. The first-order valence-electron chi connectivity index (χ1n) is 10.4. The second-order valence-electron chi connectivity index (χ2n) is 7.67. The molecule has 0 atom stereocenters. The lowest BCUT2D eigenvalue weighted by molar-refractivity contribution is -0.135. The lowest BCUT2D eigenvalue weighted by atomic mass is 9.95. The maximum atomic E-state index is 13.6. The molecular formula is C26H17N5O2. The van der Waals surface area contributed by atoms with Gasteiger partial charge in [-0.1, -0.05) is 42.5 Å². The van der Waals surface area contributed by atoms with Crippen molar-refractivity contribution in [1.29, 1.82) is 0 Å². The van der Waals surface area contributed by atoms with E-state index in [0.29, 0.717) is 28.0 Å². The van der Waals surface area contributed by atoms with Crippen molar-refractivity contribution >= 4 is 51.0 Å². The monoisotopic (exact) mass is 431 g/mol. The summed E-state index contributed by atoms with van der Waals surface area (Å²) in [5.74, 6) is -0.950. The van der Waals surface area contributed by atoms with Crippen LogP contribution >= 0.6 is 0 Å². The summed E-state index contributed by atoms with van der Waals surface area (Å²) in [6.07, 6.45) is 6.58. The van der Waals surface area contributed by atoms with Gasteiger partial charge in [-0.05, 0) is 24.3 Å². The molecule has 0 fully saturated rings. The summed E-state index contributed by atoms with van der Waals surface area (Å²) in [5.41, 5.74) is 4.29. The molecule has 0 aliphatic carbocycles. The number of benzene rings is 2. The van der Waals surface area contributed by atoms with Gasteiger partial charge < -0.3 is 9.97 Å². The molecule has 0 saturated heterocycles. The van der Waals surface area contributed by atoms with E-state index in [2.05, 4.69) is 20.1 Å². The highest BCUT2D eigenvalue weighted by molar-refractivity contribution is 6.50. The van der Waals surface area contributed by atoms with Crippen molar-refractivity contribution in [3.63, 3.8) is 0 Å². The summed E-state index contributed by atoms with van der Waals surface area (Å²) < 4.78 is 0. The number of aromatic amines is 2. The molecule has 2 aromatic carbocycles. The van der Waals surface area contributed by atoms with Crippen molar-refractivity contribution in [3.8, 4) is 0 Å². The molecular weight excluding hydrogens is 414 g/mol. The van der Waals surface area contributed by atoms with Gasteiger partial charge in [-0.3, -0.25) is 14.6 Å². The molecule has 0 spiro atoms. The molecule has 2 amide bonds. The van der Waals surface area contributed by atoms with Gasteiger partial charge in [0.1, 0.15) is 0 Å². The minimum atomic E-state index is -0.475. The standard InChI is InChI=1S/C26H17N5O2/c32-25-23(19-14-28-21-10-3-1-8-17(19)21)24(20-15-29-22-11-4-2-9-18(20)22)26(33)31(25)30-13-16-7-5-6-12-27-16/h1-15,28-29H/b30-13+. The van der Waals surface area contributed by atoms with Crippen LogP contribution in [0.4, 0.5) is 0 Å². The first-order chi connectivity index (χ1) is 16.2.